The van der Waals surface area contributed by atoms with Crippen LogP contribution in [0.5, 0.6) is 0 Å². The Bertz CT molecular complexity index is 794. The fourth-order valence-corrected chi connectivity index (χ4v) is 2.72. The molecule has 0 spiro atoms. The van der Waals surface area contributed by atoms with Gasteiger partial charge in [0.1, 0.15) is 5.69 Å². The molecule has 0 aliphatic heterocycles. The maximum absolute atomic E-state index is 6.01. The van der Waals surface area contributed by atoms with Gasteiger partial charge in [-0.05, 0) is 12.1 Å². The molecule has 0 unspecified atom stereocenters. The van der Waals surface area contributed by atoms with Gasteiger partial charge in [0.2, 0.25) is 0 Å². The third-order valence-electron chi connectivity index (χ3n) is 3.76. The third-order valence-corrected chi connectivity index (χ3v) is 4.01. The fraction of sp³-hybridized carbons (Fsp3) is 0.294. The zero-order valence-electron chi connectivity index (χ0n) is 13.5. The van der Waals surface area contributed by atoms with Crippen molar-refractivity contribution in [1.82, 2.24) is 19.3 Å². The lowest BCUT2D eigenvalue weighted by Crippen LogP contribution is -2.10. The topological polar surface area (TPSA) is 70.9 Å². The molecule has 0 bridgehead atoms. The van der Waals surface area contributed by atoms with Crippen molar-refractivity contribution < 1.29 is 4.74 Å². The van der Waals surface area contributed by atoms with E-state index >= 15 is 0 Å². The molecule has 2 heterocycles. The van der Waals surface area contributed by atoms with Crippen LogP contribution in [-0.4, -0.2) is 39.6 Å². The molecule has 7 heteroatoms. The first kappa shape index (κ1) is 16.7. The second kappa shape index (κ2) is 7.61. The van der Waals surface area contributed by atoms with E-state index in [-0.39, 0.29) is 0 Å². The van der Waals surface area contributed by atoms with E-state index in [2.05, 4.69) is 9.55 Å². The molecule has 1 aromatic carbocycles. The summed E-state index contributed by atoms with van der Waals surface area (Å²) in [5.74, 6) is 0. The summed E-state index contributed by atoms with van der Waals surface area (Å²) in [7, 11) is 1.69. The van der Waals surface area contributed by atoms with Crippen LogP contribution in [0.25, 0.3) is 22.5 Å². The highest BCUT2D eigenvalue weighted by molar-refractivity contribution is 6.30. The van der Waals surface area contributed by atoms with Crippen LogP contribution in [0.15, 0.2) is 43.0 Å². The SMILES string of the molecule is COCCn1cncc1-c1cn(CCN)nc1-c1ccc(Cl)cc1. The Hall–Kier alpha value is -2.15. The molecule has 0 saturated carbocycles. The van der Waals surface area contributed by atoms with Crippen LogP contribution in [0.3, 0.4) is 0 Å². The predicted molar refractivity (Wildman–Crippen MR) is 94.8 cm³/mol. The summed E-state index contributed by atoms with van der Waals surface area (Å²) in [5.41, 5.74) is 9.59. The Kier molecular flexibility index (Phi) is 5.30. The van der Waals surface area contributed by atoms with Crippen LogP contribution in [0.4, 0.5) is 0 Å². The number of hydrogen-bond acceptors (Lipinski definition) is 4. The van der Waals surface area contributed by atoms with Gasteiger partial charge in [0.25, 0.3) is 0 Å². The molecule has 3 rings (SSSR count). The van der Waals surface area contributed by atoms with Crippen LogP contribution < -0.4 is 5.73 Å². The molecule has 0 saturated heterocycles. The summed E-state index contributed by atoms with van der Waals surface area (Å²) in [6, 6.07) is 7.67. The number of hydrogen-bond donors (Lipinski definition) is 1. The number of nitrogens with two attached hydrogens (primary N) is 1. The molecule has 24 heavy (non-hydrogen) atoms. The van der Waals surface area contributed by atoms with Gasteiger partial charge in [-0.2, -0.15) is 5.10 Å². The number of rotatable bonds is 7. The number of benzene rings is 1. The molecule has 0 fully saturated rings. The molecule has 0 aliphatic carbocycles. The minimum absolute atomic E-state index is 0.532. The fourth-order valence-electron chi connectivity index (χ4n) is 2.59. The van der Waals surface area contributed by atoms with Gasteiger partial charge in [0.05, 0.1) is 31.4 Å². The average Bonchev–Trinajstić information content (AvgIpc) is 3.20. The predicted octanol–water partition coefficient (Wildman–Crippen LogP) is 2.67. The van der Waals surface area contributed by atoms with E-state index in [1.54, 1.807) is 13.4 Å². The molecule has 2 aromatic heterocycles. The van der Waals surface area contributed by atoms with E-state index in [4.69, 9.17) is 27.2 Å². The second-order valence-electron chi connectivity index (χ2n) is 5.42. The molecule has 2 N–H and O–H groups in total. The first-order valence-electron chi connectivity index (χ1n) is 7.76. The molecule has 0 aliphatic rings. The van der Waals surface area contributed by atoms with Crippen molar-refractivity contribution in [3.05, 3.63) is 48.0 Å². The summed E-state index contributed by atoms with van der Waals surface area (Å²) >= 11 is 6.01. The molecule has 6 nitrogen and oxygen atoms in total. The Balaban J connectivity index is 2.06. The van der Waals surface area contributed by atoms with Gasteiger partial charge < -0.3 is 15.0 Å². The van der Waals surface area contributed by atoms with E-state index < -0.39 is 0 Å². The lowest BCUT2D eigenvalue weighted by Gasteiger charge is -2.07. The summed E-state index contributed by atoms with van der Waals surface area (Å²) in [5, 5.41) is 5.40. The van der Waals surface area contributed by atoms with E-state index in [0.717, 1.165) is 29.1 Å². The average molecular weight is 346 g/mol. The van der Waals surface area contributed by atoms with Crippen molar-refractivity contribution in [3.8, 4) is 22.5 Å². The van der Waals surface area contributed by atoms with E-state index in [0.29, 0.717) is 24.7 Å². The maximum Gasteiger partial charge on any atom is 0.102 e. The highest BCUT2D eigenvalue weighted by Crippen LogP contribution is 2.31. The number of imidazole rings is 1. The zero-order valence-corrected chi connectivity index (χ0v) is 14.3. The third kappa shape index (κ3) is 3.51. The van der Waals surface area contributed by atoms with Crippen LogP contribution in [0.1, 0.15) is 0 Å². The number of ether oxygens (including phenoxy) is 1. The van der Waals surface area contributed by atoms with Gasteiger partial charge in [0, 0.05) is 42.5 Å². The van der Waals surface area contributed by atoms with Crippen molar-refractivity contribution in [2.24, 2.45) is 5.73 Å². The van der Waals surface area contributed by atoms with E-state index in [1.807, 2.05) is 41.3 Å². The van der Waals surface area contributed by atoms with Gasteiger partial charge >= 0.3 is 0 Å². The Morgan fingerprint density at radius 1 is 1.21 bits per heavy atom. The number of halogens is 1. The van der Waals surface area contributed by atoms with Crippen molar-refractivity contribution in [2.75, 3.05) is 20.3 Å². The largest absolute Gasteiger partial charge is 0.383 e. The van der Waals surface area contributed by atoms with Gasteiger partial charge in [-0.25, -0.2) is 4.98 Å². The summed E-state index contributed by atoms with van der Waals surface area (Å²) in [6.45, 7) is 2.54. The summed E-state index contributed by atoms with van der Waals surface area (Å²) < 4.78 is 9.11. The van der Waals surface area contributed by atoms with Crippen molar-refractivity contribution in [1.29, 1.82) is 0 Å². The number of nitrogens with zero attached hydrogens (tertiary/aromatic N) is 4. The Morgan fingerprint density at radius 3 is 2.71 bits per heavy atom. The van der Waals surface area contributed by atoms with Crippen LogP contribution in [0.2, 0.25) is 5.02 Å². The van der Waals surface area contributed by atoms with Crippen LogP contribution >= 0.6 is 11.6 Å². The van der Waals surface area contributed by atoms with Gasteiger partial charge in [-0.3, -0.25) is 4.68 Å². The summed E-state index contributed by atoms with van der Waals surface area (Å²) in [4.78, 5) is 4.28. The van der Waals surface area contributed by atoms with Crippen LogP contribution in [-0.2, 0) is 17.8 Å². The Morgan fingerprint density at radius 2 is 2.00 bits per heavy atom. The number of methoxy groups -OCH3 is 1. The zero-order chi connectivity index (χ0) is 16.9. The van der Waals surface area contributed by atoms with Crippen LogP contribution in [0, 0.1) is 0 Å². The minimum Gasteiger partial charge on any atom is -0.383 e. The summed E-state index contributed by atoms with van der Waals surface area (Å²) in [6.07, 6.45) is 5.66. The van der Waals surface area contributed by atoms with E-state index in [1.165, 1.54) is 0 Å². The molecule has 126 valence electrons. The highest BCUT2D eigenvalue weighted by Gasteiger charge is 2.16. The molecule has 3 aromatic rings. The first-order chi connectivity index (χ1) is 11.7. The quantitative estimate of drug-likeness (QED) is 0.714. The van der Waals surface area contributed by atoms with Gasteiger partial charge in [-0.15, -0.1) is 0 Å². The van der Waals surface area contributed by atoms with Crippen molar-refractivity contribution in [2.45, 2.75) is 13.1 Å². The maximum atomic E-state index is 6.01. The smallest absolute Gasteiger partial charge is 0.102 e. The lowest BCUT2D eigenvalue weighted by molar-refractivity contribution is 0.187. The Labute approximate surface area is 145 Å². The standard InChI is InChI=1S/C17H20ClN5O/c1-24-9-8-22-12-20-10-16(22)15-11-23(7-6-19)21-17(15)13-2-4-14(18)5-3-13/h2-5,10-12H,6-9,19H2,1H3. The normalized spacial score (nSPS) is 11.1. The minimum atomic E-state index is 0.532. The van der Waals surface area contributed by atoms with Gasteiger partial charge in [-0.1, -0.05) is 23.7 Å². The molecule has 0 radical (unpaired) electrons. The number of aromatic nitrogens is 4. The monoisotopic (exact) mass is 345 g/mol. The first-order valence-corrected chi connectivity index (χ1v) is 8.13. The molecule has 0 amide bonds. The van der Waals surface area contributed by atoms with Crippen molar-refractivity contribution in [3.63, 3.8) is 0 Å². The molecular formula is C17H20ClN5O. The lowest BCUT2D eigenvalue weighted by atomic mass is 10.1. The van der Waals surface area contributed by atoms with Gasteiger partial charge in [0.15, 0.2) is 0 Å². The molecule has 0 atom stereocenters. The van der Waals surface area contributed by atoms with E-state index in [9.17, 15) is 0 Å². The highest BCUT2D eigenvalue weighted by atomic mass is 35.5. The second-order valence-corrected chi connectivity index (χ2v) is 5.85. The van der Waals surface area contributed by atoms with Crippen molar-refractivity contribution >= 4 is 11.6 Å². The molecular weight excluding hydrogens is 326 g/mol.